The molecule has 0 spiro atoms. The van der Waals surface area contributed by atoms with Crippen LogP contribution in [0.4, 0.5) is 0 Å². The fourth-order valence-electron chi connectivity index (χ4n) is 1.06. The maximum absolute atomic E-state index is 11.3. The van der Waals surface area contributed by atoms with E-state index in [4.69, 9.17) is 5.11 Å². The van der Waals surface area contributed by atoms with Gasteiger partial charge in [0.25, 0.3) is 0 Å². The Hall–Kier alpha value is -0.900. The Labute approximate surface area is 77.6 Å². The van der Waals surface area contributed by atoms with E-state index in [-0.39, 0.29) is 5.78 Å². The SMILES string of the molecule is CCC(=O)C(C)(C)C(O)CC(=O)O. The quantitative estimate of drug-likeness (QED) is 0.670. The monoisotopic (exact) mass is 188 g/mol. The number of carboxylic acids is 1. The molecule has 0 radical (unpaired) electrons. The lowest BCUT2D eigenvalue weighted by Crippen LogP contribution is -2.38. The molecule has 0 rings (SSSR count). The zero-order chi connectivity index (χ0) is 10.6. The molecule has 1 unspecified atom stereocenters. The third kappa shape index (κ3) is 3.14. The zero-order valence-electron chi connectivity index (χ0n) is 8.20. The molecule has 0 aromatic heterocycles. The second kappa shape index (κ2) is 4.37. The number of hydrogen-bond donors (Lipinski definition) is 2. The van der Waals surface area contributed by atoms with E-state index in [0.717, 1.165) is 0 Å². The molecule has 0 fully saturated rings. The number of hydrogen-bond acceptors (Lipinski definition) is 3. The Bertz CT molecular complexity index is 208. The summed E-state index contributed by atoms with van der Waals surface area (Å²) in [6, 6.07) is 0. The van der Waals surface area contributed by atoms with Crippen LogP contribution in [0, 0.1) is 5.41 Å². The van der Waals surface area contributed by atoms with Crippen LogP contribution in [0.2, 0.25) is 0 Å². The van der Waals surface area contributed by atoms with Crippen molar-refractivity contribution in [2.24, 2.45) is 5.41 Å². The fourth-order valence-corrected chi connectivity index (χ4v) is 1.06. The van der Waals surface area contributed by atoms with E-state index in [1.165, 1.54) is 0 Å². The molecule has 0 aliphatic carbocycles. The fraction of sp³-hybridized carbons (Fsp3) is 0.778. The van der Waals surface area contributed by atoms with E-state index in [1.54, 1.807) is 20.8 Å². The summed E-state index contributed by atoms with van der Waals surface area (Å²) < 4.78 is 0. The number of aliphatic hydroxyl groups is 1. The van der Waals surface area contributed by atoms with Crippen LogP contribution in [0.3, 0.4) is 0 Å². The largest absolute Gasteiger partial charge is 0.481 e. The molecule has 13 heavy (non-hydrogen) atoms. The highest BCUT2D eigenvalue weighted by Gasteiger charge is 2.35. The highest BCUT2D eigenvalue weighted by atomic mass is 16.4. The van der Waals surface area contributed by atoms with Gasteiger partial charge in [0.15, 0.2) is 0 Å². The zero-order valence-corrected chi connectivity index (χ0v) is 8.20. The normalized spacial score (nSPS) is 13.8. The number of carboxylic acid groups (broad SMARTS) is 1. The van der Waals surface area contributed by atoms with Crippen LogP contribution < -0.4 is 0 Å². The minimum atomic E-state index is -1.11. The van der Waals surface area contributed by atoms with Gasteiger partial charge in [0, 0.05) is 11.8 Å². The first-order valence-electron chi connectivity index (χ1n) is 4.25. The molecule has 1 atom stereocenters. The lowest BCUT2D eigenvalue weighted by molar-refractivity contribution is -0.143. The average Bonchev–Trinajstić information content (AvgIpc) is 2.01. The highest BCUT2D eigenvalue weighted by Crippen LogP contribution is 2.25. The molecule has 0 aliphatic heterocycles. The number of ketones is 1. The number of Topliss-reactive ketones (excluding diaryl/α,β-unsaturated/α-hetero) is 1. The van der Waals surface area contributed by atoms with Gasteiger partial charge in [-0.2, -0.15) is 0 Å². The van der Waals surface area contributed by atoms with Gasteiger partial charge in [-0.25, -0.2) is 0 Å². The van der Waals surface area contributed by atoms with Gasteiger partial charge in [-0.3, -0.25) is 9.59 Å². The van der Waals surface area contributed by atoms with Crippen LogP contribution >= 0.6 is 0 Å². The Balaban J connectivity index is 4.43. The maximum Gasteiger partial charge on any atom is 0.306 e. The molecule has 4 heteroatoms. The summed E-state index contributed by atoms with van der Waals surface area (Å²) in [5.41, 5.74) is -0.965. The molecule has 0 amide bonds. The van der Waals surface area contributed by atoms with Gasteiger partial charge in [-0.05, 0) is 0 Å². The molecule has 2 N–H and O–H groups in total. The molecular formula is C9H16O4. The van der Waals surface area contributed by atoms with E-state index in [2.05, 4.69) is 0 Å². The van der Waals surface area contributed by atoms with Crippen molar-refractivity contribution in [1.29, 1.82) is 0 Å². The Kier molecular flexibility index (Phi) is 4.07. The van der Waals surface area contributed by atoms with Crippen molar-refractivity contribution in [1.82, 2.24) is 0 Å². The van der Waals surface area contributed by atoms with Crippen LogP contribution in [-0.4, -0.2) is 28.1 Å². The van der Waals surface area contributed by atoms with Crippen molar-refractivity contribution in [3.63, 3.8) is 0 Å². The summed E-state index contributed by atoms with van der Waals surface area (Å²) in [6.45, 7) is 4.82. The van der Waals surface area contributed by atoms with E-state index < -0.39 is 23.9 Å². The van der Waals surface area contributed by atoms with Gasteiger partial charge in [-0.15, -0.1) is 0 Å². The molecule has 76 valence electrons. The second-order valence-electron chi connectivity index (χ2n) is 3.61. The van der Waals surface area contributed by atoms with E-state index in [9.17, 15) is 14.7 Å². The second-order valence-corrected chi connectivity index (χ2v) is 3.61. The van der Waals surface area contributed by atoms with Crippen molar-refractivity contribution >= 4 is 11.8 Å². The predicted octanol–water partition coefficient (Wildman–Crippen LogP) is 0.827. The van der Waals surface area contributed by atoms with Gasteiger partial charge in [0.05, 0.1) is 12.5 Å². The minimum Gasteiger partial charge on any atom is -0.481 e. The third-order valence-corrected chi connectivity index (χ3v) is 2.24. The smallest absolute Gasteiger partial charge is 0.306 e. The Morgan fingerprint density at radius 2 is 1.85 bits per heavy atom. The van der Waals surface area contributed by atoms with Crippen LogP contribution in [-0.2, 0) is 9.59 Å². The molecule has 4 nitrogen and oxygen atoms in total. The number of carbonyl (C=O) groups is 2. The van der Waals surface area contributed by atoms with Crippen LogP contribution in [0.15, 0.2) is 0 Å². The standard InChI is InChI=1S/C9H16O4/c1-4-6(10)9(2,3)7(11)5-8(12)13/h7,11H,4-5H2,1-3H3,(H,12,13). The maximum atomic E-state index is 11.3. The third-order valence-electron chi connectivity index (χ3n) is 2.24. The molecule has 0 saturated carbocycles. The summed E-state index contributed by atoms with van der Waals surface area (Å²) in [5.74, 6) is -1.22. The van der Waals surface area contributed by atoms with Crippen LogP contribution in [0.5, 0.6) is 0 Å². The van der Waals surface area contributed by atoms with Gasteiger partial charge >= 0.3 is 5.97 Å². The van der Waals surface area contributed by atoms with Crippen molar-refractivity contribution in [3.05, 3.63) is 0 Å². The summed E-state index contributed by atoms with van der Waals surface area (Å²) in [7, 11) is 0. The first-order valence-corrected chi connectivity index (χ1v) is 4.25. The molecule has 0 aromatic rings. The van der Waals surface area contributed by atoms with E-state index in [0.29, 0.717) is 6.42 Å². The summed E-state index contributed by atoms with van der Waals surface area (Å²) in [4.78, 5) is 21.6. The first-order chi connectivity index (χ1) is 5.82. The van der Waals surface area contributed by atoms with Gasteiger partial charge in [-0.1, -0.05) is 20.8 Å². The van der Waals surface area contributed by atoms with Gasteiger partial charge < -0.3 is 10.2 Å². The summed E-state index contributed by atoms with van der Waals surface area (Å²) in [6.07, 6.45) is -1.19. The van der Waals surface area contributed by atoms with Crippen molar-refractivity contribution in [3.8, 4) is 0 Å². The minimum absolute atomic E-state index is 0.124. The van der Waals surface area contributed by atoms with E-state index >= 15 is 0 Å². The number of aliphatic hydroxyl groups excluding tert-OH is 1. The number of carbonyl (C=O) groups excluding carboxylic acids is 1. The van der Waals surface area contributed by atoms with Gasteiger partial charge in [0.1, 0.15) is 5.78 Å². The van der Waals surface area contributed by atoms with Crippen molar-refractivity contribution in [2.45, 2.75) is 39.7 Å². The van der Waals surface area contributed by atoms with E-state index in [1.807, 2.05) is 0 Å². The number of rotatable bonds is 5. The molecule has 0 bridgehead atoms. The molecular weight excluding hydrogens is 172 g/mol. The first kappa shape index (κ1) is 12.1. The van der Waals surface area contributed by atoms with Crippen LogP contribution in [0.1, 0.15) is 33.6 Å². The van der Waals surface area contributed by atoms with Crippen molar-refractivity contribution < 1.29 is 19.8 Å². The molecule has 0 saturated heterocycles. The Morgan fingerprint density at radius 1 is 1.38 bits per heavy atom. The molecule has 0 aromatic carbocycles. The highest BCUT2D eigenvalue weighted by molar-refractivity contribution is 5.85. The number of aliphatic carboxylic acids is 1. The summed E-state index contributed by atoms with van der Waals surface area (Å²) in [5, 5.41) is 17.9. The lowest BCUT2D eigenvalue weighted by Gasteiger charge is -2.27. The van der Waals surface area contributed by atoms with Crippen molar-refractivity contribution in [2.75, 3.05) is 0 Å². The predicted molar refractivity (Wildman–Crippen MR) is 47.3 cm³/mol. The van der Waals surface area contributed by atoms with Gasteiger partial charge in [0.2, 0.25) is 0 Å². The average molecular weight is 188 g/mol. The Morgan fingerprint density at radius 3 is 2.15 bits per heavy atom. The molecule has 0 aliphatic rings. The summed E-state index contributed by atoms with van der Waals surface area (Å²) >= 11 is 0. The topological polar surface area (TPSA) is 74.6 Å². The van der Waals surface area contributed by atoms with Crippen LogP contribution in [0.25, 0.3) is 0 Å². The lowest BCUT2D eigenvalue weighted by atomic mass is 9.79. The molecule has 0 heterocycles.